The number of aliphatic hydroxyl groups excluding tert-OH is 3. The summed E-state index contributed by atoms with van der Waals surface area (Å²) >= 11 is 0. The van der Waals surface area contributed by atoms with Crippen molar-refractivity contribution in [1.29, 1.82) is 0 Å². The van der Waals surface area contributed by atoms with Crippen LogP contribution < -0.4 is 20.7 Å². The molecular formula is C23H35N3O8. The van der Waals surface area contributed by atoms with Gasteiger partial charge in [-0.15, -0.1) is 0 Å². The van der Waals surface area contributed by atoms with E-state index in [0.29, 0.717) is 17.9 Å². The molecule has 190 valence electrons. The third kappa shape index (κ3) is 8.56. The second kappa shape index (κ2) is 13.9. The summed E-state index contributed by atoms with van der Waals surface area (Å²) in [6, 6.07) is 5.25. The molecule has 1 heterocycles. The maximum Gasteiger partial charge on any atom is 0.226 e. The van der Waals surface area contributed by atoms with Crippen LogP contribution in [0, 0.1) is 0 Å². The van der Waals surface area contributed by atoms with E-state index >= 15 is 0 Å². The van der Waals surface area contributed by atoms with E-state index in [4.69, 9.17) is 9.47 Å². The lowest BCUT2D eigenvalue weighted by Gasteiger charge is -2.42. The van der Waals surface area contributed by atoms with Gasteiger partial charge in [-0.05, 0) is 30.7 Å². The first-order chi connectivity index (χ1) is 16.2. The number of amides is 3. The second-order valence-corrected chi connectivity index (χ2v) is 8.18. The lowest BCUT2D eigenvalue weighted by atomic mass is 9.97. The van der Waals surface area contributed by atoms with Gasteiger partial charge in [0.05, 0.1) is 6.61 Å². The number of carbonyl (C=O) groups excluding carboxylic acids is 3. The molecule has 6 N–H and O–H groups in total. The Morgan fingerprint density at radius 1 is 1.03 bits per heavy atom. The third-order valence-electron chi connectivity index (χ3n) is 5.32. The Labute approximate surface area is 198 Å². The largest absolute Gasteiger partial charge is 0.463 e. The number of unbranched alkanes of at least 4 members (excludes halogenated alkanes) is 2. The predicted molar refractivity (Wildman–Crippen MR) is 123 cm³/mol. The molecule has 0 saturated carbocycles. The number of hydrogen-bond donors (Lipinski definition) is 6. The van der Waals surface area contributed by atoms with Gasteiger partial charge in [0.15, 0.2) is 0 Å². The number of benzene rings is 1. The van der Waals surface area contributed by atoms with Crippen molar-refractivity contribution in [2.75, 3.05) is 18.5 Å². The van der Waals surface area contributed by atoms with Gasteiger partial charge < -0.3 is 40.7 Å². The predicted octanol–water partition coefficient (Wildman–Crippen LogP) is 0.0342. The van der Waals surface area contributed by atoms with E-state index in [1.54, 1.807) is 24.3 Å². The van der Waals surface area contributed by atoms with Crippen LogP contribution in [0.5, 0.6) is 5.75 Å². The first-order valence-electron chi connectivity index (χ1n) is 11.5. The normalized spacial score (nSPS) is 24.2. The summed E-state index contributed by atoms with van der Waals surface area (Å²) < 4.78 is 11.3. The second-order valence-electron chi connectivity index (χ2n) is 8.18. The van der Waals surface area contributed by atoms with Gasteiger partial charge in [-0.1, -0.05) is 19.8 Å². The minimum Gasteiger partial charge on any atom is -0.463 e. The summed E-state index contributed by atoms with van der Waals surface area (Å²) in [6.07, 6.45) is -1.60. The van der Waals surface area contributed by atoms with Crippen molar-refractivity contribution in [3.8, 4) is 5.75 Å². The average Bonchev–Trinajstić information content (AvgIpc) is 2.80. The van der Waals surface area contributed by atoms with E-state index in [2.05, 4.69) is 22.9 Å². The molecule has 0 aliphatic carbocycles. The Morgan fingerprint density at radius 2 is 1.74 bits per heavy atom. The summed E-state index contributed by atoms with van der Waals surface area (Å²) in [5.41, 5.74) is 0.512. The van der Waals surface area contributed by atoms with Gasteiger partial charge in [0.2, 0.25) is 24.0 Å². The molecule has 1 aromatic rings. The van der Waals surface area contributed by atoms with Crippen LogP contribution in [0.1, 0.15) is 46.0 Å². The number of hydrogen-bond acceptors (Lipinski definition) is 8. The van der Waals surface area contributed by atoms with Gasteiger partial charge in [0, 0.05) is 32.0 Å². The van der Waals surface area contributed by atoms with Crippen molar-refractivity contribution in [2.24, 2.45) is 0 Å². The molecule has 2 rings (SSSR count). The lowest BCUT2D eigenvalue weighted by molar-refractivity contribution is -0.244. The molecule has 0 bridgehead atoms. The van der Waals surface area contributed by atoms with Crippen molar-refractivity contribution in [1.82, 2.24) is 10.6 Å². The molecular weight excluding hydrogens is 446 g/mol. The third-order valence-corrected chi connectivity index (χ3v) is 5.32. The summed E-state index contributed by atoms with van der Waals surface area (Å²) in [4.78, 5) is 35.3. The van der Waals surface area contributed by atoms with E-state index in [1.807, 2.05) is 0 Å². The SMILES string of the molecule is CCCCCC(=O)NCCC(=O)Nc1ccc(O[C@@H]2O[C@H](CO)[C@H](O)[C@H](O)[C@H]2NC(C)=O)cc1. The maximum atomic E-state index is 12.1. The first-order valence-corrected chi connectivity index (χ1v) is 11.5. The highest BCUT2D eigenvalue weighted by Gasteiger charge is 2.46. The molecule has 1 fully saturated rings. The fraction of sp³-hybridized carbons (Fsp3) is 0.609. The van der Waals surface area contributed by atoms with Crippen LogP contribution in [0.15, 0.2) is 24.3 Å². The standard InChI is InChI=1S/C23H35N3O8/c1-3-4-5-6-18(29)24-12-11-19(30)26-15-7-9-16(10-8-15)33-23-20(25-14(2)28)22(32)21(31)17(13-27)34-23/h7-10,17,20-23,27,31-32H,3-6,11-13H2,1-2H3,(H,24,29)(H,25,28)(H,26,30)/t17-,20-,21+,22-,23-/m1/s1. The van der Waals surface area contributed by atoms with Gasteiger partial charge in [-0.3, -0.25) is 14.4 Å². The quantitative estimate of drug-likeness (QED) is 0.228. The average molecular weight is 482 g/mol. The fourth-order valence-corrected chi connectivity index (χ4v) is 3.48. The zero-order chi connectivity index (χ0) is 25.1. The number of nitrogens with one attached hydrogen (secondary N) is 3. The number of rotatable bonds is 12. The first kappa shape index (κ1) is 27.5. The Morgan fingerprint density at radius 3 is 2.35 bits per heavy atom. The number of ether oxygens (including phenoxy) is 2. The van der Waals surface area contributed by atoms with Crippen LogP contribution in [-0.2, 0) is 19.1 Å². The topological polar surface area (TPSA) is 166 Å². The highest BCUT2D eigenvalue weighted by atomic mass is 16.7. The van der Waals surface area contributed by atoms with E-state index in [-0.39, 0.29) is 24.8 Å². The van der Waals surface area contributed by atoms with E-state index in [9.17, 15) is 29.7 Å². The smallest absolute Gasteiger partial charge is 0.226 e. The highest BCUT2D eigenvalue weighted by molar-refractivity contribution is 5.91. The molecule has 1 aliphatic heterocycles. The van der Waals surface area contributed by atoms with Gasteiger partial charge in [0.1, 0.15) is 30.1 Å². The van der Waals surface area contributed by atoms with Crippen molar-refractivity contribution in [3.63, 3.8) is 0 Å². The van der Waals surface area contributed by atoms with Crippen LogP contribution in [0.25, 0.3) is 0 Å². The molecule has 11 nitrogen and oxygen atoms in total. The number of carbonyl (C=O) groups is 3. The van der Waals surface area contributed by atoms with Crippen LogP contribution in [0.3, 0.4) is 0 Å². The van der Waals surface area contributed by atoms with Crippen LogP contribution in [0.2, 0.25) is 0 Å². The van der Waals surface area contributed by atoms with Gasteiger partial charge >= 0.3 is 0 Å². The Kier molecular flexibility index (Phi) is 11.2. The summed E-state index contributed by atoms with van der Waals surface area (Å²) in [7, 11) is 0. The monoisotopic (exact) mass is 481 g/mol. The lowest BCUT2D eigenvalue weighted by Crippen LogP contribution is -2.65. The van der Waals surface area contributed by atoms with Crippen LogP contribution >= 0.6 is 0 Å². The molecule has 1 saturated heterocycles. The Hall–Kier alpha value is -2.73. The van der Waals surface area contributed by atoms with E-state index < -0.39 is 43.2 Å². The van der Waals surface area contributed by atoms with E-state index in [1.165, 1.54) is 6.92 Å². The molecule has 3 amide bonds. The minimum absolute atomic E-state index is 0.0636. The maximum absolute atomic E-state index is 12.1. The molecule has 1 aliphatic rings. The Balaban J connectivity index is 1.87. The van der Waals surface area contributed by atoms with Crippen molar-refractivity contribution in [3.05, 3.63) is 24.3 Å². The molecule has 11 heteroatoms. The fourth-order valence-electron chi connectivity index (χ4n) is 3.48. The summed E-state index contributed by atoms with van der Waals surface area (Å²) in [6.45, 7) is 3.02. The van der Waals surface area contributed by atoms with Crippen LogP contribution in [-0.4, -0.2) is 76.8 Å². The zero-order valence-electron chi connectivity index (χ0n) is 19.5. The van der Waals surface area contributed by atoms with Crippen LogP contribution in [0.4, 0.5) is 5.69 Å². The minimum atomic E-state index is -1.41. The van der Waals surface area contributed by atoms with Crippen molar-refractivity contribution >= 4 is 23.4 Å². The molecule has 34 heavy (non-hydrogen) atoms. The van der Waals surface area contributed by atoms with Gasteiger partial charge in [-0.25, -0.2) is 0 Å². The molecule has 0 radical (unpaired) electrons. The highest BCUT2D eigenvalue weighted by Crippen LogP contribution is 2.25. The molecule has 0 spiro atoms. The van der Waals surface area contributed by atoms with Crippen molar-refractivity contribution in [2.45, 2.75) is 76.6 Å². The molecule has 5 atom stereocenters. The number of anilines is 1. The zero-order valence-corrected chi connectivity index (χ0v) is 19.5. The molecule has 0 aromatic heterocycles. The van der Waals surface area contributed by atoms with Gasteiger partial charge in [-0.2, -0.15) is 0 Å². The molecule has 1 aromatic carbocycles. The number of aliphatic hydroxyl groups is 3. The summed E-state index contributed by atoms with van der Waals surface area (Å²) in [5.74, 6) is -0.456. The Bertz CT molecular complexity index is 804. The summed E-state index contributed by atoms with van der Waals surface area (Å²) in [5, 5.41) is 37.7. The van der Waals surface area contributed by atoms with Gasteiger partial charge in [0.25, 0.3) is 0 Å². The van der Waals surface area contributed by atoms with Crippen molar-refractivity contribution < 1.29 is 39.2 Å². The van der Waals surface area contributed by atoms with E-state index in [0.717, 1.165) is 19.3 Å². The molecule has 0 unspecified atom stereocenters.